The van der Waals surface area contributed by atoms with E-state index >= 15 is 0 Å². The van der Waals surface area contributed by atoms with E-state index in [9.17, 15) is 24.0 Å². The number of hydrogen-bond acceptors (Lipinski definition) is 8. The van der Waals surface area contributed by atoms with Crippen molar-refractivity contribution in [3.05, 3.63) is 35.9 Å². The van der Waals surface area contributed by atoms with E-state index in [1.807, 2.05) is 0 Å². The molecule has 0 radical (unpaired) electrons. The van der Waals surface area contributed by atoms with E-state index < -0.39 is 47.1 Å². The summed E-state index contributed by atoms with van der Waals surface area (Å²) in [6.07, 6.45) is 0. The Morgan fingerprint density at radius 2 is 1.48 bits per heavy atom. The van der Waals surface area contributed by atoms with Gasteiger partial charge in [0.1, 0.15) is 11.7 Å². The quantitative estimate of drug-likeness (QED) is 0.295. The zero-order valence-corrected chi connectivity index (χ0v) is 15.3. The van der Waals surface area contributed by atoms with Crippen molar-refractivity contribution < 1.29 is 38.2 Å². The summed E-state index contributed by atoms with van der Waals surface area (Å²) in [5, 5.41) is 0. The molecular formula is C18H19NO8. The predicted molar refractivity (Wildman–Crippen MR) is 89.0 cm³/mol. The highest BCUT2D eigenvalue weighted by Crippen LogP contribution is 2.46. The molecule has 0 unspecified atom stereocenters. The molecule has 0 N–H and O–H groups in total. The van der Waals surface area contributed by atoms with Crippen LogP contribution in [0.1, 0.15) is 18.5 Å². The van der Waals surface area contributed by atoms with E-state index in [1.165, 1.54) is 12.1 Å². The van der Waals surface area contributed by atoms with E-state index in [4.69, 9.17) is 14.2 Å². The molecule has 1 aromatic rings. The zero-order chi connectivity index (χ0) is 20.4. The molecule has 0 bridgehead atoms. The molecule has 144 valence electrons. The Morgan fingerprint density at radius 1 is 0.963 bits per heavy atom. The number of hydrogen-bond donors (Lipinski definition) is 0. The van der Waals surface area contributed by atoms with Crippen molar-refractivity contribution in [3.8, 4) is 0 Å². The number of rotatable bonds is 6. The second-order valence-electron chi connectivity index (χ2n) is 5.84. The summed E-state index contributed by atoms with van der Waals surface area (Å²) in [6.45, 7) is 1.07. The van der Waals surface area contributed by atoms with Gasteiger partial charge in [-0.1, -0.05) is 30.3 Å². The van der Waals surface area contributed by atoms with E-state index in [1.54, 1.807) is 18.2 Å². The number of esters is 3. The smallest absolute Gasteiger partial charge is 0.345 e. The Hall–Kier alpha value is -3.23. The molecule has 9 heteroatoms. The molecule has 1 aliphatic rings. The lowest BCUT2D eigenvalue weighted by molar-refractivity contribution is -0.208. The lowest BCUT2D eigenvalue weighted by Crippen LogP contribution is -2.81. The normalized spacial score (nSPS) is 18.7. The number of likely N-dealkylation sites (tertiary alicyclic amines) is 1. The molecule has 1 saturated heterocycles. The fourth-order valence-corrected chi connectivity index (χ4v) is 3.33. The van der Waals surface area contributed by atoms with Gasteiger partial charge in [0.25, 0.3) is 5.54 Å². The monoisotopic (exact) mass is 377 g/mol. The summed E-state index contributed by atoms with van der Waals surface area (Å²) in [5.41, 5.74) is -2.13. The van der Waals surface area contributed by atoms with E-state index in [0.717, 1.165) is 28.3 Å². The van der Waals surface area contributed by atoms with Crippen LogP contribution in [-0.4, -0.2) is 61.4 Å². The average molecular weight is 377 g/mol. The summed E-state index contributed by atoms with van der Waals surface area (Å²) in [7, 11) is 3.10. The fraction of sp³-hybridized carbons (Fsp3) is 0.389. The molecule has 0 saturated carbocycles. The maximum absolute atomic E-state index is 12.8. The first-order chi connectivity index (χ1) is 12.8. The van der Waals surface area contributed by atoms with Gasteiger partial charge in [0.2, 0.25) is 5.91 Å². The fourth-order valence-electron chi connectivity index (χ4n) is 3.33. The number of benzene rings is 1. The van der Waals surface area contributed by atoms with Crippen LogP contribution in [0.15, 0.2) is 30.3 Å². The second-order valence-corrected chi connectivity index (χ2v) is 5.84. The van der Waals surface area contributed by atoms with Crippen molar-refractivity contribution in [3.63, 3.8) is 0 Å². The minimum Gasteiger partial charge on any atom is -0.467 e. The number of methoxy groups -OCH3 is 3. The standard InChI is InChI=1S/C18H19NO8/c1-10(20)12-14(21)19(18(12,16(23)26-3)17(24)27-4)13(15(22)25-2)11-8-6-5-7-9-11/h5-9,12-13H,1-4H3/t12-,13-/m1/s1. The first-order valence-electron chi connectivity index (χ1n) is 7.92. The third-order valence-electron chi connectivity index (χ3n) is 4.48. The molecule has 1 amide bonds. The minimum absolute atomic E-state index is 0.289. The molecule has 2 rings (SSSR count). The van der Waals surface area contributed by atoms with Crippen LogP contribution in [0, 0.1) is 5.92 Å². The summed E-state index contributed by atoms with van der Waals surface area (Å²) in [6, 6.07) is 6.50. The molecule has 0 aliphatic carbocycles. The van der Waals surface area contributed by atoms with Crippen LogP contribution in [0.25, 0.3) is 0 Å². The maximum Gasteiger partial charge on any atom is 0.345 e. The van der Waals surface area contributed by atoms with Gasteiger partial charge in [0.15, 0.2) is 6.04 Å². The lowest BCUT2D eigenvalue weighted by Gasteiger charge is -2.53. The van der Waals surface area contributed by atoms with Gasteiger partial charge in [-0.05, 0) is 12.5 Å². The highest BCUT2D eigenvalue weighted by Gasteiger charge is 2.75. The molecule has 0 spiro atoms. The average Bonchev–Trinajstić information content (AvgIpc) is 2.67. The molecule has 1 aromatic carbocycles. The van der Waals surface area contributed by atoms with Crippen molar-refractivity contribution in [2.45, 2.75) is 18.5 Å². The summed E-state index contributed by atoms with van der Waals surface area (Å²) >= 11 is 0. The van der Waals surface area contributed by atoms with Crippen LogP contribution in [0.4, 0.5) is 0 Å². The second kappa shape index (κ2) is 7.56. The van der Waals surface area contributed by atoms with Gasteiger partial charge in [-0.3, -0.25) is 14.5 Å². The van der Waals surface area contributed by atoms with Crippen molar-refractivity contribution in [2.75, 3.05) is 21.3 Å². The third-order valence-corrected chi connectivity index (χ3v) is 4.48. The maximum atomic E-state index is 12.8. The van der Waals surface area contributed by atoms with Crippen molar-refractivity contribution in [1.82, 2.24) is 4.90 Å². The third kappa shape index (κ3) is 2.84. The molecule has 9 nitrogen and oxygen atoms in total. The summed E-state index contributed by atoms with van der Waals surface area (Å²) < 4.78 is 14.2. The predicted octanol–water partition coefficient (Wildman–Crippen LogP) is 0.0329. The number of ketones is 1. The Bertz CT molecular complexity index is 772. The highest BCUT2D eigenvalue weighted by molar-refractivity contribution is 6.25. The molecule has 1 aliphatic heterocycles. The highest BCUT2D eigenvalue weighted by atomic mass is 16.6. The molecule has 27 heavy (non-hydrogen) atoms. The molecule has 1 heterocycles. The number of amides is 1. The van der Waals surface area contributed by atoms with Crippen molar-refractivity contribution in [1.29, 1.82) is 0 Å². The van der Waals surface area contributed by atoms with Gasteiger partial charge in [0.05, 0.1) is 21.3 Å². The van der Waals surface area contributed by atoms with Crippen LogP contribution in [0.2, 0.25) is 0 Å². The number of Topliss-reactive ketones (excluding diaryl/α,β-unsaturated/α-hetero) is 1. The molecule has 0 aromatic heterocycles. The Labute approximate surface area is 155 Å². The first kappa shape index (κ1) is 20.1. The summed E-state index contributed by atoms with van der Waals surface area (Å²) in [5.74, 6) is -6.53. The van der Waals surface area contributed by atoms with Gasteiger partial charge in [-0.2, -0.15) is 0 Å². The van der Waals surface area contributed by atoms with Crippen LogP contribution in [0.5, 0.6) is 0 Å². The molecule has 1 fully saturated rings. The number of carbonyl (C=O) groups excluding carboxylic acids is 5. The van der Waals surface area contributed by atoms with E-state index in [0.29, 0.717) is 4.90 Å². The van der Waals surface area contributed by atoms with Crippen LogP contribution < -0.4 is 0 Å². The topological polar surface area (TPSA) is 116 Å². The minimum atomic E-state index is -2.42. The van der Waals surface area contributed by atoms with Gasteiger partial charge in [-0.25, -0.2) is 14.4 Å². The summed E-state index contributed by atoms with van der Waals surface area (Å²) in [4.78, 5) is 63.2. The zero-order valence-electron chi connectivity index (χ0n) is 15.3. The largest absolute Gasteiger partial charge is 0.467 e. The van der Waals surface area contributed by atoms with E-state index in [-0.39, 0.29) is 5.56 Å². The lowest BCUT2D eigenvalue weighted by atomic mass is 9.69. The van der Waals surface area contributed by atoms with Crippen LogP contribution in [-0.2, 0) is 38.2 Å². The number of carbonyl (C=O) groups is 5. The van der Waals surface area contributed by atoms with Gasteiger partial charge < -0.3 is 14.2 Å². The molecular weight excluding hydrogens is 358 g/mol. The number of nitrogens with zero attached hydrogens (tertiary/aromatic N) is 1. The number of ether oxygens (including phenoxy) is 3. The van der Waals surface area contributed by atoms with Crippen molar-refractivity contribution in [2.24, 2.45) is 5.92 Å². The van der Waals surface area contributed by atoms with Gasteiger partial charge >= 0.3 is 17.9 Å². The Balaban J connectivity index is 2.74. The Morgan fingerprint density at radius 3 is 1.89 bits per heavy atom. The van der Waals surface area contributed by atoms with Crippen LogP contribution in [0.3, 0.4) is 0 Å². The van der Waals surface area contributed by atoms with E-state index in [2.05, 4.69) is 0 Å². The van der Waals surface area contributed by atoms with Gasteiger partial charge in [0, 0.05) is 0 Å². The van der Waals surface area contributed by atoms with Crippen LogP contribution >= 0.6 is 0 Å². The molecule has 2 atom stereocenters. The number of β-lactam (4-membered cyclic amide) rings is 1. The van der Waals surface area contributed by atoms with Gasteiger partial charge in [-0.15, -0.1) is 0 Å². The SMILES string of the molecule is COC(=O)[C@@H](c1ccccc1)N1C(=O)[C@@H](C(C)=O)C1(C(=O)OC)C(=O)OC. The first-order valence-corrected chi connectivity index (χ1v) is 7.92. The van der Waals surface area contributed by atoms with Crippen molar-refractivity contribution >= 4 is 29.6 Å². The Kier molecular flexibility index (Phi) is 5.63.